The van der Waals surface area contributed by atoms with Crippen LogP contribution in [0.15, 0.2) is 35.2 Å². The van der Waals surface area contributed by atoms with E-state index in [4.69, 9.17) is 11.6 Å². The highest BCUT2D eigenvalue weighted by molar-refractivity contribution is 8.00. The number of aromatic nitrogens is 2. The van der Waals surface area contributed by atoms with Crippen LogP contribution in [0.3, 0.4) is 0 Å². The lowest BCUT2D eigenvalue weighted by atomic mass is 10.2. The Balaban J connectivity index is 1.95. The van der Waals surface area contributed by atoms with E-state index < -0.39 is 0 Å². The first-order chi connectivity index (χ1) is 9.08. The summed E-state index contributed by atoms with van der Waals surface area (Å²) in [4.78, 5) is 13.1. The SMILES string of the molecule is Cc1nn(C)c(CC(=O)CSc2ccccc2)c1Cl. The van der Waals surface area contributed by atoms with Crippen molar-refractivity contribution in [3.63, 3.8) is 0 Å². The molecule has 2 aromatic rings. The number of ketones is 1. The van der Waals surface area contributed by atoms with Crippen molar-refractivity contribution in [2.75, 3.05) is 5.75 Å². The maximum absolute atomic E-state index is 12.0. The second kappa shape index (κ2) is 6.26. The normalized spacial score (nSPS) is 10.7. The van der Waals surface area contributed by atoms with Gasteiger partial charge in [-0.3, -0.25) is 9.48 Å². The number of rotatable bonds is 5. The third-order valence-electron chi connectivity index (χ3n) is 2.77. The number of Topliss-reactive ketones (excluding diaryl/α,β-unsaturated/α-hetero) is 1. The van der Waals surface area contributed by atoms with Crippen molar-refractivity contribution in [1.29, 1.82) is 0 Å². The Morgan fingerprint density at radius 2 is 2.05 bits per heavy atom. The van der Waals surface area contributed by atoms with Crippen LogP contribution in [0.5, 0.6) is 0 Å². The van der Waals surface area contributed by atoms with Gasteiger partial charge in [0.2, 0.25) is 0 Å². The van der Waals surface area contributed by atoms with Gasteiger partial charge in [0.15, 0.2) is 0 Å². The van der Waals surface area contributed by atoms with Gasteiger partial charge in [0.1, 0.15) is 5.78 Å². The molecule has 19 heavy (non-hydrogen) atoms. The van der Waals surface area contributed by atoms with Crippen molar-refractivity contribution >= 4 is 29.1 Å². The summed E-state index contributed by atoms with van der Waals surface area (Å²) < 4.78 is 1.68. The molecule has 0 aliphatic rings. The molecule has 5 heteroatoms. The number of benzene rings is 1. The standard InChI is InChI=1S/C14H15ClN2OS/c1-10-14(15)13(17(2)16-10)8-11(18)9-19-12-6-4-3-5-7-12/h3-7H,8-9H2,1-2H3. The minimum atomic E-state index is 0.152. The maximum atomic E-state index is 12.0. The van der Waals surface area contributed by atoms with Crippen LogP contribution in [0, 0.1) is 6.92 Å². The van der Waals surface area contributed by atoms with E-state index in [0.29, 0.717) is 17.2 Å². The highest BCUT2D eigenvalue weighted by Crippen LogP contribution is 2.22. The number of aryl methyl sites for hydroxylation is 2. The van der Waals surface area contributed by atoms with Crippen LogP contribution in [0.2, 0.25) is 5.02 Å². The Morgan fingerprint density at radius 3 is 2.63 bits per heavy atom. The van der Waals surface area contributed by atoms with Gasteiger partial charge >= 0.3 is 0 Å². The first kappa shape index (κ1) is 14.2. The van der Waals surface area contributed by atoms with Crippen LogP contribution >= 0.6 is 23.4 Å². The van der Waals surface area contributed by atoms with Crippen LogP contribution < -0.4 is 0 Å². The Hall–Kier alpha value is -1.26. The molecular formula is C14H15ClN2OS. The molecule has 0 N–H and O–H groups in total. The Labute approximate surface area is 122 Å². The Kier molecular flexibility index (Phi) is 4.66. The van der Waals surface area contributed by atoms with Crippen molar-refractivity contribution in [2.24, 2.45) is 7.05 Å². The van der Waals surface area contributed by atoms with E-state index >= 15 is 0 Å². The zero-order valence-corrected chi connectivity index (χ0v) is 12.5. The molecule has 0 unspecified atom stereocenters. The minimum Gasteiger partial charge on any atom is -0.298 e. The van der Waals surface area contributed by atoms with Gasteiger partial charge in [-0.1, -0.05) is 29.8 Å². The van der Waals surface area contributed by atoms with Gasteiger partial charge in [-0.25, -0.2) is 0 Å². The number of nitrogens with zero attached hydrogens (tertiary/aromatic N) is 2. The molecule has 2 rings (SSSR count). The van der Waals surface area contributed by atoms with Gasteiger partial charge in [0, 0.05) is 11.9 Å². The van der Waals surface area contributed by atoms with E-state index in [1.54, 1.807) is 16.4 Å². The molecule has 0 aliphatic carbocycles. The number of hydrogen-bond acceptors (Lipinski definition) is 3. The average molecular weight is 295 g/mol. The molecule has 0 aliphatic heterocycles. The van der Waals surface area contributed by atoms with Crippen LogP contribution in [0.4, 0.5) is 0 Å². The van der Waals surface area contributed by atoms with E-state index in [2.05, 4.69) is 5.10 Å². The lowest BCUT2D eigenvalue weighted by molar-refractivity contribution is -0.116. The van der Waals surface area contributed by atoms with Crippen molar-refractivity contribution in [1.82, 2.24) is 9.78 Å². The van der Waals surface area contributed by atoms with E-state index in [9.17, 15) is 4.79 Å². The predicted molar refractivity (Wildman–Crippen MR) is 78.8 cm³/mol. The third-order valence-corrected chi connectivity index (χ3v) is 4.33. The molecule has 1 aromatic heterocycles. The van der Waals surface area contributed by atoms with Gasteiger partial charge < -0.3 is 0 Å². The van der Waals surface area contributed by atoms with Gasteiger partial charge in [-0.05, 0) is 19.1 Å². The van der Waals surface area contributed by atoms with Gasteiger partial charge in [-0.2, -0.15) is 5.10 Å². The minimum absolute atomic E-state index is 0.152. The van der Waals surface area contributed by atoms with Crippen molar-refractivity contribution in [2.45, 2.75) is 18.2 Å². The van der Waals surface area contributed by atoms with Crippen molar-refractivity contribution in [3.8, 4) is 0 Å². The second-order valence-electron chi connectivity index (χ2n) is 4.29. The molecule has 0 saturated carbocycles. The summed E-state index contributed by atoms with van der Waals surface area (Å²) in [6, 6.07) is 9.89. The fourth-order valence-electron chi connectivity index (χ4n) is 1.79. The summed E-state index contributed by atoms with van der Waals surface area (Å²) in [6.07, 6.45) is 0.329. The summed E-state index contributed by atoms with van der Waals surface area (Å²) in [7, 11) is 1.81. The molecule has 100 valence electrons. The number of carbonyl (C=O) groups excluding carboxylic acids is 1. The fourth-order valence-corrected chi connectivity index (χ4v) is 2.80. The lowest BCUT2D eigenvalue weighted by Gasteiger charge is -2.03. The molecule has 0 radical (unpaired) electrons. The highest BCUT2D eigenvalue weighted by atomic mass is 35.5. The molecule has 1 aromatic carbocycles. The smallest absolute Gasteiger partial charge is 0.149 e. The quantitative estimate of drug-likeness (QED) is 0.794. The topological polar surface area (TPSA) is 34.9 Å². The van der Waals surface area contributed by atoms with Gasteiger partial charge in [0.25, 0.3) is 0 Å². The van der Waals surface area contributed by atoms with Crippen molar-refractivity contribution in [3.05, 3.63) is 46.7 Å². The molecule has 0 spiro atoms. The number of halogens is 1. The molecule has 0 atom stereocenters. The summed E-state index contributed by atoms with van der Waals surface area (Å²) in [5.41, 5.74) is 1.56. The van der Waals surface area contributed by atoms with E-state index in [1.807, 2.05) is 44.3 Å². The van der Waals surface area contributed by atoms with Gasteiger partial charge in [0.05, 0.1) is 28.6 Å². The number of carbonyl (C=O) groups is 1. The summed E-state index contributed by atoms with van der Waals surface area (Å²) in [5.74, 6) is 0.601. The summed E-state index contributed by atoms with van der Waals surface area (Å²) in [6.45, 7) is 1.84. The fraction of sp³-hybridized carbons (Fsp3) is 0.286. The van der Waals surface area contributed by atoms with Crippen molar-refractivity contribution < 1.29 is 4.79 Å². The molecule has 0 saturated heterocycles. The van der Waals surface area contributed by atoms with E-state index in [1.165, 1.54) is 0 Å². The first-order valence-electron chi connectivity index (χ1n) is 5.95. The monoisotopic (exact) mass is 294 g/mol. The van der Waals surface area contributed by atoms with Gasteiger partial charge in [-0.15, -0.1) is 11.8 Å². The van der Waals surface area contributed by atoms with Crippen LogP contribution in [-0.4, -0.2) is 21.3 Å². The molecule has 3 nitrogen and oxygen atoms in total. The van der Waals surface area contributed by atoms with E-state index in [0.717, 1.165) is 16.3 Å². The maximum Gasteiger partial charge on any atom is 0.149 e. The van der Waals surface area contributed by atoms with Crippen LogP contribution in [-0.2, 0) is 18.3 Å². The number of thioether (sulfide) groups is 1. The Morgan fingerprint density at radius 1 is 1.37 bits per heavy atom. The van der Waals surface area contributed by atoms with Crippen LogP contribution in [0.1, 0.15) is 11.4 Å². The van der Waals surface area contributed by atoms with E-state index in [-0.39, 0.29) is 5.78 Å². The molecule has 0 bridgehead atoms. The summed E-state index contributed by atoms with van der Waals surface area (Å²) >= 11 is 7.68. The zero-order valence-electron chi connectivity index (χ0n) is 10.9. The largest absolute Gasteiger partial charge is 0.298 e. The third kappa shape index (κ3) is 3.61. The molecular weight excluding hydrogens is 280 g/mol. The molecule has 0 amide bonds. The number of hydrogen-bond donors (Lipinski definition) is 0. The lowest BCUT2D eigenvalue weighted by Crippen LogP contribution is -2.10. The average Bonchev–Trinajstić information content (AvgIpc) is 2.64. The second-order valence-corrected chi connectivity index (χ2v) is 5.71. The van der Waals surface area contributed by atoms with Crippen LogP contribution in [0.25, 0.3) is 0 Å². The Bertz CT molecular complexity index is 581. The zero-order chi connectivity index (χ0) is 13.8. The summed E-state index contributed by atoms with van der Waals surface area (Å²) in [5, 5.41) is 4.81. The first-order valence-corrected chi connectivity index (χ1v) is 7.32. The predicted octanol–water partition coefficient (Wildman–Crippen LogP) is 3.29. The highest BCUT2D eigenvalue weighted by Gasteiger charge is 2.14. The molecule has 1 heterocycles. The molecule has 0 fully saturated rings.